The van der Waals surface area contributed by atoms with Crippen LogP contribution >= 0.6 is 0 Å². The molecule has 3 aliphatic carbocycles. The zero-order valence-corrected chi connectivity index (χ0v) is 37.2. The lowest BCUT2D eigenvalue weighted by molar-refractivity contribution is 0.0974. The number of phenols is 2. The first kappa shape index (κ1) is 43.5. The Balaban J connectivity index is 1.04. The second kappa shape index (κ2) is 19.4. The first-order valence-electron chi connectivity index (χ1n) is 23.3. The molecule has 4 aromatic carbocycles. The van der Waals surface area contributed by atoms with Crippen LogP contribution < -0.4 is 9.47 Å². The van der Waals surface area contributed by atoms with Crippen LogP contribution in [0.1, 0.15) is 171 Å². The average Bonchev–Trinajstić information content (AvgIpc) is 3.23. The fraction of sp³-hybridized carbons (Fsp3) is 0.519. The van der Waals surface area contributed by atoms with Crippen LogP contribution in [0.2, 0.25) is 0 Å². The molecule has 0 aromatic heterocycles. The first-order valence-corrected chi connectivity index (χ1v) is 23.3. The van der Waals surface area contributed by atoms with E-state index in [1.54, 1.807) is 24.3 Å². The molecule has 6 nitrogen and oxygen atoms in total. The Bertz CT molecular complexity index is 1980. The van der Waals surface area contributed by atoms with Gasteiger partial charge >= 0.3 is 0 Å². The molecule has 3 aliphatic rings. The lowest BCUT2D eigenvalue weighted by Gasteiger charge is -2.29. The molecule has 6 heteroatoms. The van der Waals surface area contributed by atoms with Crippen LogP contribution in [-0.4, -0.2) is 35.0 Å². The minimum atomic E-state index is -0.486. The van der Waals surface area contributed by atoms with Crippen molar-refractivity contribution in [1.29, 1.82) is 0 Å². The second-order valence-electron chi connectivity index (χ2n) is 18.7. The molecule has 7 rings (SSSR count). The van der Waals surface area contributed by atoms with E-state index in [1.807, 2.05) is 52.0 Å². The van der Waals surface area contributed by atoms with Crippen LogP contribution in [-0.2, 0) is 0 Å². The van der Waals surface area contributed by atoms with E-state index in [4.69, 9.17) is 9.47 Å². The van der Waals surface area contributed by atoms with Gasteiger partial charge in [0.1, 0.15) is 23.0 Å². The van der Waals surface area contributed by atoms with Crippen molar-refractivity contribution in [1.82, 2.24) is 0 Å². The third-order valence-corrected chi connectivity index (χ3v) is 14.1. The number of rotatable bonds is 16. The van der Waals surface area contributed by atoms with Gasteiger partial charge in [0.15, 0.2) is 11.6 Å². The normalized spacial score (nSPS) is 20.2. The molecule has 0 bridgehead atoms. The van der Waals surface area contributed by atoms with E-state index in [0.29, 0.717) is 36.2 Å². The van der Waals surface area contributed by atoms with Gasteiger partial charge in [-0.3, -0.25) is 9.59 Å². The predicted molar refractivity (Wildman–Crippen MR) is 243 cm³/mol. The molecule has 0 aliphatic heterocycles. The topological polar surface area (TPSA) is 93.1 Å². The van der Waals surface area contributed by atoms with Crippen molar-refractivity contribution in [2.24, 2.45) is 23.7 Å². The fourth-order valence-corrected chi connectivity index (χ4v) is 10.6. The summed E-state index contributed by atoms with van der Waals surface area (Å²) in [5.41, 5.74) is 6.39. The lowest BCUT2D eigenvalue weighted by atomic mass is 9.80. The van der Waals surface area contributed by atoms with E-state index in [9.17, 15) is 19.8 Å². The van der Waals surface area contributed by atoms with Gasteiger partial charge in [0, 0.05) is 22.3 Å². The number of hydrogen-bond acceptors (Lipinski definition) is 6. The summed E-state index contributed by atoms with van der Waals surface area (Å²) in [4.78, 5) is 28.3. The molecule has 2 saturated carbocycles. The van der Waals surface area contributed by atoms with Gasteiger partial charge in [-0.2, -0.15) is 0 Å². The Morgan fingerprint density at radius 1 is 0.483 bits per heavy atom. The molecule has 2 N–H and O–H groups in total. The maximum atomic E-state index is 14.1. The highest BCUT2D eigenvalue weighted by atomic mass is 16.5. The van der Waals surface area contributed by atoms with E-state index in [-0.39, 0.29) is 33.8 Å². The number of aromatic hydroxyl groups is 2. The van der Waals surface area contributed by atoms with Crippen molar-refractivity contribution in [3.63, 3.8) is 0 Å². The number of fused-ring (bicyclic) bond motifs is 2. The molecule has 4 aromatic rings. The van der Waals surface area contributed by atoms with Gasteiger partial charge < -0.3 is 19.7 Å². The summed E-state index contributed by atoms with van der Waals surface area (Å²) in [7, 11) is 0. The molecule has 0 heterocycles. The van der Waals surface area contributed by atoms with Crippen molar-refractivity contribution in [3.8, 4) is 45.3 Å². The van der Waals surface area contributed by atoms with Crippen molar-refractivity contribution in [2.45, 2.75) is 144 Å². The van der Waals surface area contributed by atoms with Gasteiger partial charge in [-0.1, -0.05) is 90.9 Å². The highest BCUT2D eigenvalue weighted by Crippen LogP contribution is 2.46. The molecule has 320 valence electrons. The Morgan fingerprint density at radius 3 is 1.13 bits per heavy atom. The number of carbonyl (C=O) groups is 2. The van der Waals surface area contributed by atoms with E-state index < -0.39 is 11.6 Å². The van der Waals surface area contributed by atoms with Gasteiger partial charge in [-0.15, -0.1) is 0 Å². The van der Waals surface area contributed by atoms with Crippen LogP contribution in [0.5, 0.6) is 23.0 Å². The number of benzene rings is 4. The molecule has 0 unspecified atom stereocenters. The Morgan fingerprint density at radius 2 is 0.800 bits per heavy atom. The third kappa shape index (κ3) is 9.33. The number of phenolic OH excluding ortho intramolecular Hbond substituents is 2. The number of hydrogen-bond donors (Lipinski definition) is 2. The molecule has 2 fully saturated rings. The second-order valence-corrected chi connectivity index (χ2v) is 18.7. The number of aryl methyl sites for hydroxylation is 4. The monoisotopic (exact) mass is 813 g/mol. The number of unbranched alkanes of at least 4 members (excludes halogenated alkanes) is 4. The van der Waals surface area contributed by atoms with Crippen LogP contribution in [0.4, 0.5) is 0 Å². The van der Waals surface area contributed by atoms with Gasteiger partial charge in [0.05, 0.1) is 24.3 Å². The maximum absolute atomic E-state index is 14.1. The molecule has 0 spiro atoms. The SMILES string of the molecule is CCCCCC1CCC(COc2c(C)cc(-c3ccc4c(c3O)C(=O)c3ccc(-c5cc(C)c(OCC6CCC(CCCCC)CC6)c(C)c5)c(O)c3C4=O)cc2C)CC1. The molecular weight excluding hydrogens is 745 g/mol. The standard InChI is InChI=1S/C54H68O6/c1-7-9-11-13-37-15-19-39(20-16-37)31-59-53-33(3)27-41(28-34(53)4)43-23-25-45-47(49(43)55)51(57)46-26-24-44(50(56)48(46)52(45)58)42-29-35(5)54(36(6)30-42)60-32-40-21-17-38(18-22-40)14-12-10-8-2/h23-30,37-40,55-56H,7-22,31-32H2,1-6H3. The largest absolute Gasteiger partial charge is 0.507 e. The van der Waals surface area contributed by atoms with Crippen molar-refractivity contribution >= 4 is 11.6 Å². The van der Waals surface area contributed by atoms with Crippen LogP contribution in [0, 0.1) is 51.4 Å². The van der Waals surface area contributed by atoms with Crippen molar-refractivity contribution < 1.29 is 29.3 Å². The first-order chi connectivity index (χ1) is 29.0. The highest BCUT2D eigenvalue weighted by Gasteiger charge is 2.36. The zero-order chi connectivity index (χ0) is 42.5. The summed E-state index contributed by atoms with van der Waals surface area (Å²) in [6, 6.07) is 14.5. The zero-order valence-electron chi connectivity index (χ0n) is 37.2. The molecule has 0 radical (unpaired) electrons. The van der Waals surface area contributed by atoms with E-state index >= 15 is 0 Å². The molecule has 60 heavy (non-hydrogen) atoms. The lowest BCUT2D eigenvalue weighted by Crippen LogP contribution is -2.21. The Kier molecular flexibility index (Phi) is 14.1. The summed E-state index contributed by atoms with van der Waals surface area (Å²) in [5.74, 6) is 3.15. The van der Waals surface area contributed by atoms with Gasteiger partial charge in [-0.05, 0) is 159 Å². The van der Waals surface area contributed by atoms with E-state index in [0.717, 1.165) is 56.7 Å². The summed E-state index contributed by atoms with van der Waals surface area (Å²) in [5, 5.41) is 23.4. The summed E-state index contributed by atoms with van der Waals surface area (Å²) >= 11 is 0. The van der Waals surface area contributed by atoms with Gasteiger partial charge in [0.25, 0.3) is 0 Å². The van der Waals surface area contributed by atoms with Crippen LogP contribution in [0.15, 0.2) is 48.5 Å². The maximum Gasteiger partial charge on any atom is 0.198 e. The Labute approximate surface area is 359 Å². The number of ketones is 2. The summed E-state index contributed by atoms with van der Waals surface area (Å²) < 4.78 is 12.9. The summed E-state index contributed by atoms with van der Waals surface area (Å²) in [6.45, 7) is 14.0. The molecule has 0 amide bonds. The van der Waals surface area contributed by atoms with Crippen LogP contribution in [0.3, 0.4) is 0 Å². The highest BCUT2D eigenvalue weighted by molar-refractivity contribution is 6.31. The molecule has 0 atom stereocenters. The fourth-order valence-electron chi connectivity index (χ4n) is 10.6. The van der Waals surface area contributed by atoms with E-state index in [2.05, 4.69) is 13.8 Å². The Hall–Kier alpha value is -4.58. The minimum absolute atomic E-state index is 0.0313. The summed E-state index contributed by atoms with van der Waals surface area (Å²) in [6.07, 6.45) is 20.7. The smallest absolute Gasteiger partial charge is 0.198 e. The number of ether oxygens (including phenoxy) is 2. The average molecular weight is 813 g/mol. The molecule has 0 saturated heterocycles. The van der Waals surface area contributed by atoms with Crippen molar-refractivity contribution in [3.05, 3.63) is 93.0 Å². The third-order valence-electron chi connectivity index (χ3n) is 14.1. The van der Waals surface area contributed by atoms with Gasteiger partial charge in [-0.25, -0.2) is 0 Å². The minimum Gasteiger partial charge on any atom is -0.507 e. The van der Waals surface area contributed by atoms with Crippen LogP contribution in [0.25, 0.3) is 22.3 Å². The quantitative estimate of drug-likeness (QED) is 0.0964. The van der Waals surface area contributed by atoms with Crippen molar-refractivity contribution in [2.75, 3.05) is 13.2 Å². The predicted octanol–water partition coefficient (Wildman–Crippen LogP) is 14.0. The van der Waals surface area contributed by atoms with E-state index in [1.165, 1.54) is 103 Å². The number of carbonyl (C=O) groups excluding carboxylic acids is 2. The van der Waals surface area contributed by atoms with Gasteiger partial charge in [0.2, 0.25) is 0 Å². The molecular formula is C54H68O6.